The van der Waals surface area contributed by atoms with Crippen molar-refractivity contribution in [3.8, 4) is 28.7 Å². The van der Waals surface area contributed by atoms with Crippen LogP contribution < -0.4 is 23.7 Å². The van der Waals surface area contributed by atoms with Gasteiger partial charge in [-0.15, -0.1) is 0 Å². The van der Waals surface area contributed by atoms with Crippen molar-refractivity contribution in [3.05, 3.63) is 298 Å². The molecular weight excluding hydrogens is 2010 g/mol. The average molecular weight is 2110 g/mol. The molecule has 1 fully saturated rings. The number of imidazole rings is 5. The molecule has 19 heterocycles. The molecule has 0 bridgehead atoms. The summed E-state index contributed by atoms with van der Waals surface area (Å²) in [7, 11) is -7.05. The van der Waals surface area contributed by atoms with Gasteiger partial charge >= 0.3 is 0 Å². The molecule has 15 aromatic rings. The van der Waals surface area contributed by atoms with Gasteiger partial charge in [0.25, 0.3) is 0 Å². The lowest BCUT2D eigenvalue weighted by molar-refractivity contribution is 0.0854. The van der Waals surface area contributed by atoms with E-state index < -0.39 is 19.7 Å². The highest BCUT2D eigenvalue weighted by molar-refractivity contribution is 14.1. The minimum Gasteiger partial charge on any atom is -0.493 e. The SMILES string of the molecule is CS(=O)(=O)c1ncn2c(CCc3c(F)ccc4c3CCO4)ncc(C3=CCOCC3)c12.CS(=O)(=O)c1ncn2c(CCc3c(F)ccc4c3CCO4)ncc(C3CCOCC3)c12.Fc1ccc2c(c1CCc1ncc(Br)c3cncn13)CCO2.Fc1ccc2c(c1CCc1ncc(C3=CCOCC3)c3c(I)ncn13)CCO2.Fc1ccc2c(c1CCc1ncc(C3=CCOCC3)c3cncn13)CCO2. The van der Waals surface area contributed by atoms with Crippen LogP contribution in [0.3, 0.4) is 0 Å². The molecule has 0 saturated carbocycles. The van der Waals surface area contributed by atoms with Crippen LogP contribution in [-0.2, 0) is 135 Å². The number of fused-ring (bicyclic) bond motifs is 10. The largest absolute Gasteiger partial charge is 0.493 e. The number of ether oxygens (including phenoxy) is 9. The summed E-state index contributed by atoms with van der Waals surface area (Å²) in [6.45, 7) is 8.07. The van der Waals surface area contributed by atoms with Crippen molar-refractivity contribution >= 4 is 102 Å². The Balaban J connectivity index is 0.000000107. The maximum absolute atomic E-state index is 14.5. The van der Waals surface area contributed by atoms with Crippen LogP contribution in [0, 0.1) is 32.8 Å². The Morgan fingerprint density at radius 2 is 0.676 bits per heavy atom. The normalized spacial score (nSPS) is 16.0. The van der Waals surface area contributed by atoms with Gasteiger partial charge in [-0.3, -0.25) is 22.0 Å². The molecule has 0 atom stereocenters. The van der Waals surface area contributed by atoms with Gasteiger partial charge in [-0.05, 0) is 214 Å². The van der Waals surface area contributed by atoms with Gasteiger partial charge in [-0.1, -0.05) is 18.2 Å². The molecule has 0 N–H and O–H groups in total. The van der Waals surface area contributed by atoms with Crippen LogP contribution in [0.5, 0.6) is 28.7 Å². The van der Waals surface area contributed by atoms with E-state index in [1.165, 1.54) is 60.4 Å². The quantitative estimate of drug-likeness (QED) is 0.0477. The van der Waals surface area contributed by atoms with Crippen LogP contribution in [0.1, 0.15) is 145 Å². The number of hydrogen-bond acceptors (Lipinski definition) is 23. The zero-order chi connectivity index (χ0) is 95.6. The summed E-state index contributed by atoms with van der Waals surface area (Å²) < 4.78 is 183. The zero-order valence-corrected chi connectivity index (χ0v) is 81.7. The maximum atomic E-state index is 14.5. The Morgan fingerprint density at radius 3 is 1.07 bits per heavy atom. The van der Waals surface area contributed by atoms with E-state index in [4.69, 9.17) is 47.6 Å². The number of hydrogen-bond donors (Lipinski definition) is 0. The van der Waals surface area contributed by atoms with E-state index in [0.29, 0.717) is 190 Å². The molecule has 5 aromatic carbocycles. The molecule has 24 rings (SSSR count). The van der Waals surface area contributed by atoms with Crippen molar-refractivity contribution < 1.29 is 81.4 Å². The summed E-state index contributed by atoms with van der Waals surface area (Å²) in [5.41, 5.74) is 19.8. The second kappa shape index (κ2) is 41.4. The van der Waals surface area contributed by atoms with Crippen LogP contribution in [0.4, 0.5) is 22.0 Å². The summed E-state index contributed by atoms with van der Waals surface area (Å²) in [5.74, 6) is 7.02. The van der Waals surface area contributed by atoms with Crippen LogP contribution in [0.15, 0.2) is 168 Å². The third kappa shape index (κ3) is 19.9. The maximum Gasteiger partial charge on any atom is 0.194 e. The summed E-state index contributed by atoms with van der Waals surface area (Å²) in [5, 5.41) is 0.0940. The summed E-state index contributed by atoms with van der Waals surface area (Å²) in [6, 6.07) is 15.9. The molecule has 720 valence electrons. The second-order valence-corrected chi connectivity index (χ2v) is 40.8. The summed E-state index contributed by atoms with van der Waals surface area (Å²) in [4.78, 5) is 44.5. The van der Waals surface area contributed by atoms with Gasteiger partial charge in [0.05, 0.1) is 117 Å². The first kappa shape index (κ1) is 94.6. The molecule has 0 aliphatic carbocycles. The molecule has 1 saturated heterocycles. The van der Waals surface area contributed by atoms with Crippen molar-refractivity contribution in [2.75, 3.05) is 98.4 Å². The number of rotatable bonds is 21. The molecule has 0 spiro atoms. The van der Waals surface area contributed by atoms with E-state index in [0.717, 1.165) is 208 Å². The molecular formula is C102H98BrF5IN15O13S2. The highest BCUT2D eigenvalue weighted by Crippen LogP contribution is 2.41. The fourth-order valence-corrected chi connectivity index (χ4v) is 22.6. The predicted molar refractivity (Wildman–Crippen MR) is 520 cm³/mol. The van der Waals surface area contributed by atoms with E-state index >= 15 is 0 Å². The van der Waals surface area contributed by atoms with Crippen LogP contribution >= 0.6 is 38.5 Å². The number of sulfone groups is 2. The third-order valence-corrected chi connectivity index (χ3v) is 30.3. The van der Waals surface area contributed by atoms with Crippen molar-refractivity contribution in [2.45, 2.75) is 144 Å². The Bertz CT molecular complexity index is 7610. The van der Waals surface area contributed by atoms with E-state index in [1.54, 1.807) is 76.6 Å². The standard InChI is InChI=1S/C22H24FN3O4S.C22H22FN3O4S.C21H19FIN3O2.C21H20FN3O2.C16H13BrFN3O/c2*1-31(27,28)22-21-17(14-6-9-29-10-7-14)12-24-20(26(21)13-25-22)5-2-15-16-8-11-30-19(16)4-3-18(15)23;22-17-2-3-18-15(7-10-28-18)14(17)1-4-19-24-11-16(13-5-8-27-9-6-13)20-21(23)25-12-26(19)20;22-18-2-3-20-16(7-10-27-20)15(18)1-4-21-24-11-17(14-5-8-26-9-6-14)19-12-23-13-25(19)21;17-12-7-20-16(21-9-19-8-14(12)21)4-1-10-11-5-6-22-15(11)3-2-13(10)18/h3-4,12-14H,2,5-11H2,1H3;3-4,6,12-13H,2,5,7-11H2,1H3;2-3,5,11-12H,1,4,6-10H2;2-3,5,11-13H,1,4,6-10H2;2-3,7-9H,1,4-6H2. The molecule has 9 aliphatic heterocycles. The summed E-state index contributed by atoms with van der Waals surface area (Å²) in [6.07, 6.45) is 42.8. The number of aryl methyl sites for hydroxylation is 5. The van der Waals surface area contributed by atoms with Crippen LogP contribution in [0.25, 0.3) is 44.3 Å². The molecule has 10 aromatic heterocycles. The first-order chi connectivity index (χ1) is 67.6. The summed E-state index contributed by atoms with van der Waals surface area (Å²) >= 11 is 5.72. The van der Waals surface area contributed by atoms with Gasteiger partial charge in [0.1, 0.15) is 122 Å². The fraction of sp³-hybridized carbons (Fsp3) is 0.353. The topological polar surface area (TPSA) is 302 Å². The van der Waals surface area contributed by atoms with Gasteiger partial charge in [-0.2, -0.15) is 0 Å². The van der Waals surface area contributed by atoms with Gasteiger partial charge in [0.2, 0.25) is 0 Å². The van der Waals surface area contributed by atoms with Gasteiger partial charge in [-0.25, -0.2) is 88.6 Å². The second-order valence-electron chi connectivity index (χ2n) is 35.1. The van der Waals surface area contributed by atoms with Crippen molar-refractivity contribution in [2.24, 2.45) is 0 Å². The first-order valence-electron chi connectivity index (χ1n) is 46.5. The highest BCUT2D eigenvalue weighted by Gasteiger charge is 2.32. The van der Waals surface area contributed by atoms with Crippen molar-refractivity contribution in [1.82, 2.24) is 71.8 Å². The number of nitrogens with zero attached hydrogens (tertiary/aromatic N) is 15. The minimum absolute atomic E-state index is 0.0266. The van der Waals surface area contributed by atoms with E-state index in [9.17, 15) is 38.8 Å². The lowest BCUT2D eigenvalue weighted by atomic mass is 9.92. The Hall–Kier alpha value is -12.0. The third-order valence-electron chi connectivity index (χ3n) is 26.9. The molecule has 139 heavy (non-hydrogen) atoms. The number of benzene rings is 5. The van der Waals surface area contributed by atoms with Crippen molar-refractivity contribution in [1.29, 1.82) is 0 Å². The Labute approximate surface area is 819 Å². The Kier molecular flexibility index (Phi) is 28.2. The molecule has 37 heteroatoms. The first-order valence-corrected chi connectivity index (χ1v) is 52.2. The van der Waals surface area contributed by atoms with Crippen LogP contribution in [-0.4, -0.2) is 187 Å². The minimum atomic E-state index is -3.54. The predicted octanol–water partition coefficient (Wildman–Crippen LogP) is 16.4. The van der Waals surface area contributed by atoms with E-state index in [2.05, 4.69) is 95.5 Å². The smallest absolute Gasteiger partial charge is 0.194 e. The molecule has 28 nitrogen and oxygen atoms in total. The van der Waals surface area contributed by atoms with E-state index in [-0.39, 0.29) is 45.1 Å². The molecule has 0 unspecified atom stereocenters. The lowest BCUT2D eigenvalue weighted by Gasteiger charge is -2.23. The number of halogens is 7. The molecule has 0 radical (unpaired) electrons. The average Bonchev–Trinajstić information content (AvgIpc) is 1.62. The van der Waals surface area contributed by atoms with Gasteiger partial charge < -0.3 is 42.6 Å². The van der Waals surface area contributed by atoms with Crippen LogP contribution in [0.2, 0.25) is 0 Å². The number of aromatic nitrogens is 15. The lowest BCUT2D eigenvalue weighted by Crippen LogP contribution is -2.17. The molecule has 0 amide bonds. The van der Waals surface area contributed by atoms with Crippen molar-refractivity contribution in [3.63, 3.8) is 0 Å². The van der Waals surface area contributed by atoms with Gasteiger partial charge in [0, 0.05) is 171 Å². The fourth-order valence-electron chi connectivity index (χ4n) is 19.9. The Morgan fingerprint density at radius 1 is 0.345 bits per heavy atom. The zero-order valence-electron chi connectivity index (χ0n) is 76.3. The molecule has 9 aliphatic rings. The van der Waals surface area contributed by atoms with E-state index in [1.807, 2.05) is 44.2 Å². The monoisotopic (exact) mass is 2110 g/mol. The van der Waals surface area contributed by atoms with Gasteiger partial charge in [0.15, 0.2) is 29.7 Å². The highest BCUT2D eigenvalue weighted by atomic mass is 127.